The number of pyridine rings is 1. The Balaban J connectivity index is 1.63. The van der Waals surface area contributed by atoms with Crippen molar-refractivity contribution in [2.75, 3.05) is 11.9 Å². The Labute approximate surface area is 101 Å². The summed E-state index contributed by atoms with van der Waals surface area (Å²) in [6, 6.07) is 3.93. The average Bonchev–Trinajstić information content (AvgIpc) is 2.32. The molecule has 1 saturated carbocycles. The van der Waals surface area contributed by atoms with Gasteiger partial charge in [0.15, 0.2) is 5.65 Å². The normalized spacial score (nSPS) is 15.8. The quantitative estimate of drug-likeness (QED) is 0.874. The molecular weight excluding hydrogens is 212 g/mol. The van der Waals surface area contributed by atoms with E-state index in [-0.39, 0.29) is 0 Å². The summed E-state index contributed by atoms with van der Waals surface area (Å²) in [6.07, 6.45) is 8.83. The summed E-state index contributed by atoms with van der Waals surface area (Å²) in [4.78, 5) is 12.8. The lowest BCUT2D eigenvalue weighted by Gasteiger charge is -2.25. The molecule has 0 unspecified atom stereocenters. The van der Waals surface area contributed by atoms with Gasteiger partial charge in [0.25, 0.3) is 0 Å². The van der Waals surface area contributed by atoms with Gasteiger partial charge in [-0.15, -0.1) is 0 Å². The molecule has 1 fully saturated rings. The summed E-state index contributed by atoms with van der Waals surface area (Å²) in [6.45, 7) is 1.00. The maximum atomic E-state index is 4.43. The van der Waals surface area contributed by atoms with Crippen molar-refractivity contribution >= 4 is 17.0 Å². The summed E-state index contributed by atoms with van der Waals surface area (Å²) in [7, 11) is 0. The minimum absolute atomic E-state index is 0.709. The van der Waals surface area contributed by atoms with E-state index in [1.807, 2.05) is 12.1 Å². The fourth-order valence-electron chi connectivity index (χ4n) is 2.14. The van der Waals surface area contributed by atoms with Crippen molar-refractivity contribution in [3.63, 3.8) is 0 Å². The van der Waals surface area contributed by atoms with Crippen molar-refractivity contribution in [3.8, 4) is 0 Å². The van der Waals surface area contributed by atoms with Crippen LogP contribution in [0.4, 0.5) is 5.82 Å². The first-order valence-electron chi connectivity index (χ1n) is 6.23. The van der Waals surface area contributed by atoms with Crippen molar-refractivity contribution in [3.05, 3.63) is 24.5 Å². The third-order valence-electron chi connectivity index (χ3n) is 3.42. The van der Waals surface area contributed by atoms with E-state index >= 15 is 0 Å². The number of aromatic nitrogens is 3. The second-order valence-corrected chi connectivity index (χ2v) is 4.61. The molecule has 0 atom stereocenters. The third-order valence-corrected chi connectivity index (χ3v) is 3.42. The highest BCUT2D eigenvalue weighted by molar-refractivity contribution is 5.71. The van der Waals surface area contributed by atoms with Crippen LogP contribution in [-0.4, -0.2) is 21.5 Å². The number of nitrogens with zero attached hydrogens (tertiary/aromatic N) is 3. The Morgan fingerprint density at radius 3 is 2.88 bits per heavy atom. The van der Waals surface area contributed by atoms with Crippen LogP contribution in [0.25, 0.3) is 11.2 Å². The first-order valence-corrected chi connectivity index (χ1v) is 6.23. The summed E-state index contributed by atoms with van der Waals surface area (Å²) >= 11 is 0. The Morgan fingerprint density at radius 1 is 1.18 bits per heavy atom. The smallest absolute Gasteiger partial charge is 0.180 e. The Hall–Kier alpha value is -1.71. The maximum Gasteiger partial charge on any atom is 0.180 e. The SMILES string of the molecule is c1cnc2nc(NCCC3CCC3)ccc2n1. The molecule has 0 aliphatic heterocycles. The van der Waals surface area contributed by atoms with E-state index in [9.17, 15) is 0 Å². The van der Waals surface area contributed by atoms with Crippen molar-refractivity contribution in [1.29, 1.82) is 0 Å². The minimum atomic E-state index is 0.709. The van der Waals surface area contributed by atoms with Crippen LogP contribution in [0, 0.1) is 5.92 Å². The second-order valence-electron chi connectivity index (χ2n) is 4.61. The van der Waals surface area contributed by atoms with Gasteiger partial charge in [-0.2, -0.15) is 0 Å². The highest BCUT2D eigenvalue weighted by Crippen LogP contribution is 2.29. The minimum Gasteiger partial charge on any atom is -0.370 e. The molecule has 1 aliphatic carbocycles. The molecule has 88 valence electrons. The lowest BCUT2D eigenvalue weighted by atomic mass is 9.83. The molecule has 0 spiro atoms. The molecule has 3 rings (SSSR count). The largest absolute Gasteiger partial charge is 0.370 e. The molecule has 2 aromatic rings. The van der Waals surface area contributed by atoms with E-state index < -0.39 is 0 Å². The first-order chi connectivity index (χ1) is 8.42. The number of hydrogen-bond acceptors (Lipinski definition) is 4. The van der Waals surface area contributed by atoms with Crippen molar-refractivity contribution in [2.45, 2.75) is 25.7 Å². The zero-order valence-electron chi connectivity index (χ0n) is 9.76. The van der Waals surface area contributed by atoms with Gasteiger partial charge < -0.3 is 5.32 Å². The zero-order chi connectivity index (χ0) is 11.5. The number of fused-ring (bicyclic) bond motifs is 1. The molecule has 2 aromatic heterocycles. The van der Waals surface area contributed by atoms with Gasteiger partial charge in [-0.25, -0.2) is 9.97 Å². The van der Waals surface area contributed by atoms with Crippen LogP contribution >= 0.6 is 0 Å². The summed E-state index contributed by atoms with van der Waals surface area (Å²) < 4.78 is 0. The summed E-state index contributed by atoms with van der Waals surface area (Å²) in [5, 5.41) is 3.36. The zero-order valence-corrected chi connectivity index (χ0v) is 9.76. The van der Waals surface area contributed by atoms with Gasteiger partial charge >= 0.3 is 0 Å². The first kappa shape index (κ1) is 10.4. The van der Waals surface area contributed by atoms with E-state index in [4.69, 9.17) is 0 Å². The fourth-order valence-corrected chi connectivity index (χ4v) is 2.14. The van der Waals surface area contributed by atoms with Crippen LogP contribution in [0.15, 0.2) is 24.5 Å². The Morgan fingerprint density at radius 2 is 2.06 bits per heavy atom. The molecule has 0 amide bonds. The van der Waals surface area contributed by atoms with Gasteiger partial charge in [0.1, 0.15) is 11.3 Å². The van der Waals surface area contributed by atoms with Gasteiger partial charge in [0, 0.05) is 18.9 Å². The van der Waals surface area contributed by atoms with E-state index in [1.165, 1.54) is 25.7 Å². The van der Waals surface area contributed by atoms with Gasteiger partial charge in [-0.05, 0) is 24.5 Å². The van der Waals surface area contributed by atoms with Crippen molar-refractivity contribution in [1.82, 2.24) is 15.0 Å². The van der Waals surface area contributed by atoms with Crippen LogP contribution in [0.2, 0.25) is 0 Å². The summed E-state index contributed by atoms with van der Waals surface area (Å²) in [5.74, 6) is 1.83. The molecule has 0 bridgehead atoms. The van der Waals surface area contributed by atoms with Crippen molar-refractivity contribution in [2.24, 2.45) is 5.92 Å². The molecule has 2 heterocycles. The van der Waals surface area contributed by atoms with Gasteiger partial charge in [-0.3, -0.25) is 4.98 Å². The van der Waals surface area contributed by atoms with E-state index in [0.29, 0.717) is 5.65 Å². The molecule has 0 saturated heterocycles. The fraction of sp³-hybridized carbons (Fsp3) is 0.462. The van der Waals surface area contributed by atoms with E-state index in [0.717, 1.165) is 23.8 Å². The van der Waals surface area contributed by atoms with E-state index in [2.05, 4.69) is 20.3 Å². The van der Waals surface area contributed by atoms with Crippen molar-refractivity contribution < 1.29 is 0 Å². The van der Waals surface area contributed by atoms with Crippen LogP contribution < -0.4 is 5.32 Å². The lowest BCUT2D eigenvalue weighted by molar-refractivity contribution is 0.303. The number of anilines is 1. The third kappa shape index (κ3) is 2.35. The number of nitrogens with one attached hydrogen (secondary N) is 1. The van der Waals surface area contributed by atoms with Gasteiger partial charge in [0.05, 0.1) is 0 Å². The summed E-state index contributed by atoms with van der Waals surface area (Å²) in [5.41, 5.74) is 1.55. The van der Waals surface area contributed by atoms with E-state index in [1.54, 1.807) is 12.4 Å². The van der Waals surface area contributed by atoms with Gasteiger partial charge in [-0.1, -0.05) is 19.3 Å². The van der Waals surface area contributed by atoms with Crippen LogP contribution in [0.5, 0.6) is 0 Å². The predicted octanol–water partition coefficient (Wildman–Crippen LogP) is 2.63. The average molecular weight is 228 g/mol. The molecule has 4 nitrogen and oxygen atoms in total. The standard InChI is InChI=1S/C13H16N4/c1-2-10(3-1)6-7-15-12-5-4-11-13(17-12)16-9-8-14-11/h4-5,8-10H,1-3,6-7H2,(H,15,16,17). The van der Waals surface area contributed by atoms with Crippen LogP contribution in [0.3, 0.4) is 0 Å². The topological polar surface area (TPSA) is 50.7 Å². The van der Waals surface area contributed by atoms with Gasteiger partial charge in [0.2, 0.25) is 0 Å². The number of hydrogen-bond donors (Lipinski definition) is 1. The molecule has 1 aliphatic rings. The van der Waals surface area contributed by atoms with Crippen LogP contribution in [0.1, 0.15) is 25.7 Å². The Kier molecular flexibility index (Phi) is 2.86. The second kappa shape index (κ2) is 4.65. The maximum absolute atomic E-state index is 4.43. The highest BCUT2D eigenvalue weighted by Gasteiger charge is 2.16. The lowest BCUT2D eigenvalue weighted by Crippen LogP contribution is -2.15. The molecule has 1 N–H and O–H groups in total. The Bertz CT molecular complexity index is 508. The number of rotatable bonds is 4. The molecule has 0 radical (unpaired) electrons. The monoisotopic (exact) mass is 228 g/mol. The molecule has 0 aromatic carbocycles. The predicted molar refractivity (Wildman–Crippen MR) is 67.8 cm³/mol. The highest BCUT2D eigenvalue weighted by atomic mass is 15.0. The molecule has 17 heavy (non-hydrogen) atoms. The van der Waals surface area contributed by atoms with Crippen LogP contribution in [-0.2, 0) is 0 Å². The molecular formula is C13H16N4. The molecule has 4 heteroatoms.